The number of alkyl halides is 3. The largest absolute Gasteiger partial charge is 0.490 e. The summed E-state index contributed by atoms with van der Waals surface area (Å²) in [4.78, 5) is 0. The summed E-state index contributed by atoms with van der Waals surface area (Å²) in [6.07, 6.45) is -0.247. The minimum absolute atomic E-state index is 0.127. The molecule has 21 heavy (non-hydrogen) atoms. The Bertz CT molecular complexity index is 405. The molecule has 1 N–H and O–H groups in total. The Morgan fingerprint density at radius 3 is 2.24 bits per heavy atom. The molecule has 1 aliphatic heterocycles. The van der Waals surface area contributed by atoms with Gasteiger partial charge in [-0.3, -0.25) is 0 Å². The van der Waals surface area contributed by atoms with Crippen LogP contribution in [0.4, 0.5) is 13.2 Å². The van der Waals surface area contributed by atoms with Crippen LogP contribution in [-0.4, -0.2) is 37.1 Å². The predicted molar refractivity (Wildman–Crippen MR) is 75.9 cm³/mol. The van der Waals surface area contributed by atoms with Crippen molar-refractivity contribution in [3.63, 3.8) is 0 Å². The molecule has 1 fully saturated rings. The first-order valence-corrected chi connectivity index (χ1v) is 7.35. The van der Waals surface area contributed by atoms with Crippen LogP contribution in [0.2, 0.25) is 0 Å². The van der Waals surface area contributed by atoms with E-state index in [-0.39, 0.29) is 24.4 Å². The maximum atomic E-state index is 12.2. The maximum absolute atomic E-state index is 12.2. The van der Waals surface area contributed by atoms with Gasteiger partial charge < -0.3 is 14.6 Å². The smallest absolute Gasteiger partial charge is 0.400 e. The van der Waals surface area contributed by atoms with E-state index in [0.29, 0.717) is 19.3 Å². The predicted octanol–water partition coefficient (Wildman–Crippen LogP) is 3.25. The highest BCUT2D eigenvalue weighted by Crippen LogP contribution is 2.40. The summed E-state index contributed by atoms with van der Waals surface area (Å²) in [6, 6.07) is -0.127. The van der Waals surface area contributed by atoms with Gasteiger partial charge >= 0.3 is 13.3 Å². The zero-order chi connectivity index (χ0) is 15.9. The van der Waals surface area contributed by atoms with Crippen molar-refractivity contribution >= 4 is 7.12 Å². The summed E-state index contributed by atoms with van der Waals surface area (Å²) in [5.41, 5.74) is 0.270. The number of rotatable bonds is 3. The molecule has 0 bridgehead atoms. The summed E-state index contributed by atoms with van der Waals surface area (Å²) < 4.78 is 48.5. The lowest BCUT2D eigenvalue weighted by molar-refractivity contribution is -0.126. The van der Waals surface area contributed by atoms with Gasteiger partial charge in [-0.1, -0.05) is 6.08 Å². The summed E-state index contributed by atoms with van der Waals surface area (Å²) in [6.45, 7) is 7.03. The van der Waals surface area contributed by atoms with Crippen LogP contribution in [0, 0.1) is 0 Å². The van der Waals surface area contributed by atoms with Crippen LogP contribution < -0.4 is 5.32 Å². The number of allylic oxidation sites excluding steroid dienone is 1. The summed E-state index contributed by atoms with van der Waals surface area (Å²) in [7, 11) is -0.376. The molecule has 1 unspecified atom stereocenters. The molecule has 0 amide bonds. The number of hydrogen-bond donors (Lipinski definition) is 1. The van der Waals surface area contributed by atoms with Crippen molar-refractivity contribution in [1.82, 2.24) is 5.32 Å². The third kappa shape index (κ3) is 4.02. The van der Waals surface area contributed by atoms with Crippen LogP contribution in [0.5, 0.6) is 0 Å². The Morgan fingerprint density at radius 2 is 1.81 bits per heavy atom. The minimum Gasteiger partial charge on any atom is -0.400 e. The minimum atomic E-state index is -4.16. The molecule has 120 valence electrons. The molecule has 0 aromatic heterocycles. The van der Waals surface area contributed by atoms with Gasteiger partial charge in [0.2, 0.25) is 0 Å². The first kappa shape index (κ1) is 16.8. The molecular formula is C14H23BF3NO2. The van der Waals surface area contributed by atoms with E-state index >= 15 is 0 Å². The van der Waals surface area contributed by atoms with Gasteiger partial charge in [-0.05, 0) is 52.4 Å². The molecule has 3 nitrogen and oxygen atoms in total. The monoisotopic (exact) mass is 305 g/mol. The van der Waals surface area contributed by atoms with Gasteiger partial charge in [0.05, 0.1) is 17.7 Å². The van der Waals surface area contributed by atoms with E-state index < -0.39 is 12.7 Å². The van der Waals surface area contributed by atoms with Crippen LogP contribution in [0.1, 0.15) is 47.0 Å². The van der Waals surface area contributed by atoms with E-state index in [9.17, 15) is 13.2 Å². The van der Waals surface area contributed by atoms with Gasteiger partial charge in [0.25, 0.3) is 0 Å². The zero-order valence-corrected chi connectivity index (χ0v) is 13.0. The average molecular weight is 305 g/mol. The first-order chi connectivity index (χ1) is 9.50. The van der Waals surface area contributed by atoms with Crippen molar-refractivity contribution in [3.8, 4) is 0 Å². The second kappa shape index (κ2) is 5.59. The van der Waals surface area contributed by atoms with E-state index in [1.807, 2.05) is 33.8 Å². The lowest BCUT2D eigenvalue weighted by atomic mass is 9.72. The molecule has 2 rings (SSSR count). The topological polar surface area (TPSA) is 30.5 Å². The van der Waals surface area contributed by atoms with Crippen LogP contribution in [0.25, 0.3) is 0 Å². The van der Waals surface area contributed by atoms with E-state index in [0.717, 1.165) is 5.47 Å². The Labute approximate surface area is 124 Å². The number of halogens is 3. The van der Waals surface area contributed by atoms with Crippen LogP contribution in [0.3, 0.4) is 0 Å². The molecule has 1 aliphatic carbocycles. The van der Waals surface area contributed by atoms with Crippen LogP contribution in [-0.2, 0) is 9.31 Å². The van der Waals surface area contributed by atoms with Crippen molar-refractivity contribution < 1.29 is 22.5 Å². The molecule has 1 atom stereocenters. The van der Waals surface area contributed by atoms with Crippen molar-refractivity contribution in [2.45, 2.75) is 70.4 Å². The van der Waals surface area contributed by atoms with E-state index in [2.05, 4.69) is 5.32 Å². The fourth-order valence-electron chi connectivity index (χ4n) is 2.51. The van der Waals surface area contributed by atoms with Gasteiger partial charge in [0, 0.05) is 6.04 Å². The van der Waals surface area contributed by atoms with E-state index in [1.54, 1.807) is 0 Å². The lowest BCUT2D eigenvalue weighted by Crippen LogP contribution is -2.41. The molecule has 1 heterocycles. The molecule has 0 aromatic carbocycles. The molecule has 1 saturated heterocycles. The second-order valence-corrected chi connectivity index (χ2v) is 6.83. The quantitative estimate of drug-likeness (QED) is 0.812. The Balaban J connectivity index is 1.89. The summed E-state index contributed by atoms with van der Waals surface area (Å²) in [5.74, 6) is 0. The van der Waals surface area contributed by atoms with Crippen molar-refractivity contribution in [1.29, 1.82) is 0 Å². The third-order valence-corrected chi connectivity index (χ3v) is 4.59. The molecule has 0 saturated carbocycles. The van der Waals surface area contributed by atoms with Gasteiger partial charge in [0.1, 0.15) is 0 Å². The molecule has 7 heteroatoms. The number of nitrogens with one attached hydrogen (secondary N) is 1. The van der Waals surface area contributed by atoms with E-state index in [1.165, 1.54) is 0 Å². The highest BCUT2D eigenvalue weighted by Gasteiger charge is 2.52. The number of hydrogen-bond acceptors (Lipinski definition) is 3. The van der Waals surface area contributed by atoms with Gasteiger partial charge in [-0.15, -0.1) is 0 Å². The maximum Gasteiger partial charge on any atom is 0.490 e. The molecule has 0 radical (unpaired) electrons. The van der Waals surface area contributed by atoms with Crippen molar-refractivity contribution in [2.24, 2.45) is 0 Å². The molecular weight excluding hydrogens is 282 g/mol. The Hall–Kier alpha value is -0.525. The first-order valence-electron chi connectivity index (χ1n) is 7.35. The molecule has 0 aromatic rings. The fourth-order valence-corrected chi connectivity index (χ4v) is 2.51. The van der Waals surface area contributed by atoms with Crippen LogP contribution in [0.15, 0.2) is 11.5 Å². The highest BCUT2D eigenvalue weighted by molar-refractivity contribution is 6.54. The van der Waals surface area contributed by atoms with Gasteiger partial charge in [-0.2, -0.15) is 13.2 Å². The third-order valence-electron chi connectivity index (χ3n) is 4.59. The molecule has 0 spiro atoms. The summed E-state index contributed by atoms with van der Waals surface area (Å²) >= 11 is 0. The average Bonchev–Trinajstić information content (AvgIpc) is 2.56. The van der Waals surface area contributed by atoms with Crippen molar-refractivity contribution in [2.75, 3.05) is 6.54 Å². The van der Waals surface area contributed by atoms with Gasteiger partial charge in [0.15, 0.2) is 0 Å². The normalized spacial score (nSPS) is 28.6. The SMILES string of the molecule is CC1(C)OB(C2=CCC(NCC(F)(F)F)CC2)OC1(C)C. The van der Waals surface area contributed by atoms with Crippen molar-refractivity contribution in [3.05, 3.63) is 11.5 Å². The lowest BCUT2D eigenvalue weighted by Gasteiger charge is -2.32. The highest BCUT2D eigenvalue weighted by atomic mass is 19.4. The molecule has 2 aliphatic rings. The second-order valence-electron chi connectivity index (χ2n) is 6.83. The fraction of sp³-hybridized carbons (Fsp3) is 0.857. The van der Waals surface area contributed by atoms with Gasteiger partial charge in [-0.25, -0.2) is 0 Å². The summed E-state index contributed by atoms with van der Waals surface area (Å²) in [5, 5.41) is 2.55. The van der Waals surface area contributed by atoms with Crippen LogP contribution >= 0.6 is 0 Å². The zero-order valence-electron chi connectivity index (χ0n) is 13.0. The van der Waals surface area contributed by atoms with E-state index in [4.69, 9.17) is 9.31 Å². The Kier molecular flexibility index (Phi) is 4.48. The Morgan fingerprint density at radius 1 is 1.24 bits per heavy atom. The standard InChI is InChI=1S/C14H23BF3NO2/c1-12(2)13(3,4)21-15(20-12)10-5-7-11(8-6-10)19-9-14(16,17)18/h5,11,19H,6-9H2,1-4H3.